The van der Waals surface area contributed by atoms with Gasteiger partial charge in [-0.1, -0.05) is 18.2 Å². The van der Waals surface area contributed by atoms with E-state index < -0.39 is 0 Å². The molecule has 3 heterocycles. The lowest BCUT2D eigenvalue weighted by molar-refractivity contribution is 0.0269. The number of hydrogen-bond acceptors (Lipinski definition) is 6. The largest absolute Gasteiger partial charge is 0.382 e. The first-order valence-electron chi connectivity index (χ1n) is 12.0. The van der Waals surface area contributed by atoms with Crippen molar-refractivity contribution in [3.63, 3.8) is 0 Å². The summed E-state index contributed by atoms with van der Waals surface area (Å²) in [6, 6.07) is 14.2. The number of fused-ring (bicyclic) bond motifs is 1. The quantitative estimate of drug-likeness (QED) is 0.636. The zero-order valence-corrected chi connectivity index (χ0v) is 19.9. The highest BCUT2D eigenvalue weighted by Crippen LogP contribution is 2.34. The number of ether oxygens (including phenoxy) is 2. The number of nitrogens with two attached hydrogens (primary N) is 1. The van der Waals surface area contributed by atoms with E-state index in [-0.39, 0.29) is 12.0 Å². The fourth-order valence-corrected chi connectivity index (χ4v) is 5.11. The zero-order chi connectivity index (χ0) is 23.7. The Bertz CT molecular complexity index is 1210. The molecule has 0 aliphatic carbocycles. The number of piperidine rings is 1. The van der Waals surface area contributed by atoms with E-state index in [9.17, 15) is 4.79 Å². The number of hydrogen-bond donors (Lipinski definition) is 1. The van der Waals surface area contributed by atoms with Crippen molar-refractivity contribution < 1.29 is 14.3 Å². The molecule has 2 saturated heterocycles. The molecule has 2 aliphatic rings. The SMILES string of the molecule is COC1CCCN(C(=O)c2cccc(C)c2-c2ccc3nc(N)c(N4CCOCC4)cc3c2)C1. The molecule has 1 aromatic heterocycles. The molecule has 2 N–H and O–H groups in total. The molecule has 0 spiro atoms. The average Bonchev–Trinajstić information content (AvgIpc) is 2.88. The van der Waals surface area contributed by atoms with Crippen LogP contribution in [-0.2, 0) is 9.47 Å². The van der Waals surface area contributed by atoms with Gasteiger partial charge in [0.25, 0.3) is 5.91 Å². The monoisotopic (exact) mass is 460 g/mol. The summed E-state index contributed by atoms with van der Waals surface area (Å²) in [7, 11) is 1.72. The Kier molecular flexibility index (Phi) is 6.39. The number of morpholine rings is 1. The van der Waals surface area contributed by atoms with E-state index in [1.54, 1.807) is 7.11 Å². The van der Waals surface area contributed by atoms with Crippen molar-refractivity contribution in [1.82, 2.24) is 9.88 Å². The standard InChI is InChI=1S/C27H32N4O3/c1-18-5-3-7-22(27(32)31-10-4-6-21(17-31)33-2)25(18)19-8-9-23-20(15-19)16-24(26(28)29-23)30-11-13-34-14-12-30/h3,5,7-9,15-16,21H,4,6,10-14,17H2,1-2H3,(H2,28,29). The van der Waals surface area contributed by atoms with Crippen LogP contribution in [0.2, 0.25) is 0 Å². The second-order valence-electron chi connectivity index (χ2n) is 9.15. The second-order valence-corrected chi connectivity index (χ2v) is 9.15. The van der Waals surface area contributed by atoms with E-state index in [1.165, 1.54) is 0 Å². The molecular weight excluding hydrogens is 428 g/mol. The molecule has 3 aromatic rings. The van der Waals surface area contributed by atoms with Crippen LogP contribution in [0.5, 0.6) is 0 Å². The summed E-state index contributed by atoms with van der Waals surface area (Å²) in [4.78, 5) is 22.4. The molecule has 1 amide bonds. The molecule has 0 saturated carbocycles. The lowest BCUT2D eigenvalue weighted by atomic mass is 9.92. The molecule has 1 unspecified atom stereocenters. The minimum Gasteiger partial charge on any atom is -0.382 e. The number of aryl methyl sites for hydroxylation is 1. The van der Waals surface area contributed by atoms with Gasteiger partial charge in [0.1, 0.15) is 5.82 Å². The Labute approximate surface area is 200 Å². The van der Waals surface area contributed by atoms with Crippen molar-refractivity contribution in [2.45, 2.75) is 25.9 Å². The van der Waals surface area contributed by atoms with Crippen molar-refractivity contribution >= 4 is 28.3 Å². The third-order valence-electron chi connectivity index (χ3n) is 6.97. The maximum atomic E-state index is 13.6. The smallest absolute Gasteiger partial charge is 0.254 e. The number of rotatable bonds is 4. The summed E-state index contributed by atoms with van der Waals surface area (Å²) in [5, 5.41) is 1.01. The Morgan fingerprint density at radius 2 is 1.97 bits per heavy atom. The number of likely N-dealkylation sites (tertiary alicyclic amines) is 1. The number of pyridine rings is 1. The molecule has 2 aliphatic heterocycles. The average molecular weight is 461 g/mol. The topological polar surface area (TPSA) is 80.9 Å². The number of carbonyl (C=O) groups is 1. The fraction of sp³-hybridized carbons (Fsp3) is 0.407. The normalized spacial score (nSPS) is 18.9. The van der Waals surface area contributed by atoms with Gasteiger partial charge in [-0.3, -0.25) is 4.79 Å². The van der Waals surface area contributed by atoms with Crippen LogP contribution in [0.1, 0.15) is 28.8 Å². The van der Waals surface area contributed by atoms with Crippen LogP contribution in [-0.4, -0.2) is 68.4 Å². The summed E-state index contributed by atoms with van der Waals surface area (Å²) in [5.74, 6) is 0.594. The Balaban J connectivity index is 1.54. The second kappa shape index (κ2) is 9.60. The molecule has 0 bridgehead atoms. The van der Waals surface area contributed by atoms with Gasteiger partial charge in [0.15, 0.2) is 0 Å². The van der Waals surface area contributed by atoms with Crippen molar-refractivity contribution in [2.24, 2.45) is 0 Å². The van der Waals surface area contributed by atoms with Crippen molar-refractivity contribution in [3.8, 4) is 11.1 Å². The number of nitrogens with zero attached hydrogens (tertiary/aromatic N) is 3. The van der Waals surface area contributed by atoms with Crippen molar-refractivity contribution in [3.05, 3.63) is 53.6 Å². The highest BCUT2D eigenvalue weighted by molar-refractivity contribution is 6.03. The fourth-order valence-electron chi connectivity index (χ4n) is 5.11. The van der Waals surface area contributed by atoms with E-state index in [1.807, 2.05) is 29.2 Å². The summed E-state index contributed by atoms with van der Waals surface area (Å²) in [5.41, 5.74) is 11.9. The summed E-state index contributed by atoms with van der Waals surface area (Å²) < 4.78 is 11.0. The minimum absolute atomic E-state index is 0.0602. The first-order valence-corrected chi connectivity index (χ1v) is 12.0. The molecule has 34 heavy (non-hydrogen) atoms. The summed E-state index contributed by atoms with van der Waals surface area (Å²) in [6.07, 6.45) is 2.05. The van der Waals surface area contributed by atoms with E-state index in [0.717, 1.165) is 71.3 Å². The van der Waals surface area contributed by atoms with Crippen LogP contribution in [0, 0.1) is 6.92 Å². The molecule has 1 atom stereocenters. The zero-order valence-electron chi connectivity index (χ0n) is 19.9. The lowest BCUT2D eigenvalue weighted by Crippen LogP contribution is -2.43. The van der Waals surface area contributed by atoms with Crippen LogP contribution in [0.15, 0.2) is 42.5 Å². The van der Waals surface area contributed by atoms with Gasteiger partial charge in [0.05, 0.1) is 30.5 Å². The third-order valence-corrected chi connectivity index (χ3v) is 6.97. The molecule has 7 heteroatoms. The van der Waals surface area contributed by atoms with Gasteiger partial charge in [0, 0.05) is 44.2 Å². The molecule has 2 fully saturated rings. The van der Waals surface area contributed by atoms with Crippen LogP contribution in [0.3, 0.4) is 0 Å². The number of nitrogen functional groups attached to an aromatic ring is 1. The van der Waals surface area contributed by atoms with Gasteiger partial charge in [-0.2, -0.15) is 0 Å². The summed E-state index contributed by atoms with van der Waals surface area (Å²) in [6.45, 7) is 6.42. The van der Waals surface area contributed by atoms with E-state index in [0.29, 0.717) is 25.6 Å². The van der Waals surface area contributed by atoms with Crippen molar-refractivity contribution in [2.75, 3.05) is 57.1 Å². The highest BCUT2D eigenvalue weighted by atomic mass is 16.5. The molecule has 2 aromatic carbocycles. The molecular formula is C27H32N4O3. The van der Waals surface area contributed by atoms with Gasteiger partial charge in [0.2, 0.25) is 0 Å². The number of methoxy groups -OCH3 is 1. The van der Waals surface area contributed by atoms with Gasteiger partial charge in [-0.05, 0) is 60.7 Å². The highest BCUT2D eigenvalue weighted by Gasteiger charge is 2.26. The van der Waals surface area contributed by atoms with E-state index in [2.05, 4.69) is 35.0 Å². The number of benzene rings is 2. The number of anilines is 2. The molecule has 0 radical (unpaired) electrons. The van der Waals surface area contributed by atoms with Gasteiger partial charge < -0.3 is 25.0 Å². The lowest BCUT2D eigenvalue weighted by Gasteiger charge is -2.32. The van der Waals surface area contributed by atoms with Crippen LogP contribution in [0.25, 0.3) is 22.0 Å². The van der Waals surface area contributed by atoms with Crippen LogP contribution >= 0.6 is 0 Å². The minimum atomic E-state index is 0.0602. The number of carbonyl (C=O) groups excluding carboxylic acids is 1. The molecule has 5 rings (SSSR count). The van der Waals surface area contributed by atoms with Gasteiger partial charge >= 0.3 is 0 Å². The number of amides is 1. The summed E-state index contributed by atoms with van der Waals surface area (Å²) >= 11 is 0. The van der Waals surface area contributed by atoms with Gasteiger partial charge in [-0.15, -0.1) is 0 Å². The first kappa shape index (κ1) is 22.6. The van der Waals surface area contributed by atoms with Crippen LogP contribution in [0.4, 0.5) is 11.5 Å². The molecule has 178 valence electrons. The Hall–Kier alpha value is -3.16. The van der Waals surface area contributed by atoms with Crippen LogP contribution < -0.4 is 10.6 Å². The Morgan fingerprint density at radius 1 is 1.15 bits per heavy atom. The number of aromatic nitrogens is 1. The van der Waals surface area contributed by atoms with E-state index in [4.69, 9.17) is 15.2 Å². The maximum absolute atomic E-state index is 13.6. The molecule has 7 nitrogen and oxygen atoms in total. The van der Waals surface area contributed by atoms with Gasteiger partial charge in [-0.25, -0.2) is 4.98 Å². The Morgan fingerprint density at radius 3 is 2.76 bits per heavy atom. The van der Waals surface area contributed by atoms with Crippen molar-refractivity contribution in [1.29, 1.82) is 0 Å². The third kappa shape index (κ3) is 4.33. The first-order chi connectivity index (χ1) is 16.5. The van der Waals surface area contributed by atoms with E-state index >= 15 is 0 Å². The predicted molar refractivity (Wildman–Crippen MR) is 135 cm³/mol. The maximum Gasteiger partial charge on any atom is 0.254 e. The predicted octanol–water partition coefficient (Wildman–Crippen LogP) is 3.88.